The molecule has 1 aliphatic rings. The molecule has 2 rings (SSSR count). The van der Waals surface area contributed by atoms with E-state index in [4.69, 9.17) is 10.5 Å². The van der Waals surface area contributed by atoms with Crippen molar-refractivity contribution in [3.05, 3.63) is 23.8 Å². The number of aliphatic hydroxyl groups is 1. The number of anilines is 1. The summed E-state index contributed by atoms with van der Waals surface area (Å²) in [7, 11) is 0. The van der Waals surface area contributed by atoms with E-state index in [1.165, 1.54) is 0 Å². The Balaban J connectivity index is 2.22. The van der Waals surface area contributed by atoms with Crippen LogP contribution in [0.15, 0.2) is 18.2 Å². The van der Waals surface area contributed by atoms with Gasteiger partial charge < -0.3 is 20.5 Å². The molecule has 0 aromatic heterocycles. The molecule has 118 valence electrons. The maximum absolute atomic E-state index is 10.3. The van der Waals surface area contributed by atoms with E-state index in [0.717, 1.165) is 49.4 Å². The summed E-state index contributed by atoms with van der Waals surface area (Å²) in [6.07, 6.45) is 3.49. The lowest BCUT2D eigenvalue weighted by Crippen LogP contribution is -2.40. The zero-order valence-electron chi connectivity index (χ0n) is 13.2. The van der Waals surface area contributed by atoms with E-state index < -0.39 is 6.10 Å². The summed E-state index contributed by atoms with van der Waals surface area (Å²) in [5.74, 6) is 0.941. The lowest BCUT2D eigenvalue weighted by molar-refractivity contribution is 0.164. The SMILES string of the molecule is CCCN1CC(CC)Oc2ccc(C(O)CCCN)cc21. The monoisotopic (exact) mass is 292 g/mol. The first kappa shape index (κ1) is 16.1. The highest BCUT2D eigenvalue weighted by Crippen LogP contribution is 2.36. The van der Waals surface area contributed by atoms with Crippen molar-refractivity contribution in [2.75, 3.05) is 24.5 Å². The predicted molar refractivity (Wildman–Crippen MR) is 86.9 cm³/mol. The number of hydrogen-bond acceptors (Lipinski definition) is 4. The zero-order chi connectivity index (χ0) is 15.2. The minimum Gasteiger partial charge on any atom is -0.486 e. The highest BCUT2D eigenvalue weighted by atomic mass is 16.5. The second kappa shape index (κ2) is 7.66. The third-order valence-corrected chi connectivity index (χ3v) is 4.06. The van der Waals surface area contributed by atoms with Gasteiger partial charge in [-0.15, -0.1) is 0 Å². The van der Waals surface area contributed by atoms with Crippen molar-refractivity contribution >= 4 is 5.69 Å². The third kappa shape index (κ3) is 3.89. The van der Waals surface area contributed by atoms with Gasteiger partial charge in [0.2, 0.25) is 0 Å². The fourth-order valence-electron chi connectivity index (χ4n) is 2.82. The number of nitrogens with two attached hydrogens (primary N) is 1. The Kier molecular flexibility index (Phi) is 5.88. The van der Waals surface area contributed by atoms with Crippen molar-refractivity contribution < 1.29 is 9.84 Å². The molecule has 1 aromatic rings. The van der Waals surface area contributed by atoms with Crippen LogP contribution in [-0.4, -0.2) is 30.8 Å². The van der Waals surface area contributed by atoms with Crippen LogP contribution in [0.4, 0.5) is 5.69 Å². The van der Waals surface area contributed by atoms with Crippen molar-refractivity contribution in [3.63, 3.8) is 0 Å². The molecule has 0 spiro atoms. The molecule has 1 heterocycles. The van der Waals surface area contributed by atoms with Gasteiger partial charge in [-0.2, -0.15) is 0 Å². The lowest BCUT2D eigenvalue weighted by atomic mass is 10.0. The van der Waals surface area contributed by atoms with Crippen molar-refractivity contribution in [1.82, 2.24) is 0 Å². The molecule has 0 aliphatic carbocycles. The molecule has 1 aliphatic heterocycles. The standard InChI is InChI=1S/C17H28N2O2/c1-3-10-19-12-14(4-2)21-17-8-7-13(11-15(17)19)16(20)6-5-9-18/h7-8,11,14,16,20H,3-6,9-10,12,18H2,1-2H3. The largest absolute Gasteiger partial charge is 0.486 e. The quantitative estimate of drug-likeness (QED) is 0.811. The summed E-state index contributed by atoms with van der Waals surface area (Å²) in [6.45, 7) is 6.92. The topological polar surface area (TPSA) is 58.7 Å². The van der Waals surface area contributed by atoms with Gasteiger partial charge in [0.15, 0.2) is 0 Å². The van der Waals surface area contributed by atoms with Crippen molar-refractivity contribution in [3.8, 4) is 5.75 Å². The van der Waals surface area contributed by atoms with Crippen LogP contribution in [0.1, 0.15) is 51.2 Å². The predicted octanol–water partition coefficient (Wildman–Crippen LogP) is 2.85. The van der Waals surface area contributed by atoms with Gasteiger partial charge in [0, 0.05) is 6.54 Å². The van der Waals surface area contributed by atoms with Gasteiger partial charge in [0.05, 0.1) is 18.3 Å². The molecule has 3 N–H and O–H groups in total. The molecule has 21 heavy (non-hydrogen) atoms. The Morgan fingerprint density at radius 1 is 1.43 bits per heavy atom. The summed E-state index contributed by atoms with van der Waals surface area (Å²) in [4.78, 5) is 2.38. The minimum atomic E-state index is -0.439. The fraction of sp³-hybridized carbons (Fsp3) is 0.647. The Bertz CT molecular complexity index is 450. The van der Waals surface area contributed by atoms with E-state index in [-0.39, 0.29) is 6.10 Å². The fourth-order valence-corrected chi connectivity index (χ4v) is 2.82. The first-order valence-corrected chi connectivity index (χ1v) is 8.13. The number of hydrogen-bond donors (Lipinski definition) is 2. The van der Waals surface area contributed by atoms with Gasteiger partial charge >= 0.3 is 0 Å². The molecule has 2 unspecified atom stereocenters. The highest BCUT2D eigenvalue weighted by Gasteiger charge is 2.25. The van der Waals surface area contributed by atoms with Crippen LogP contribution in [0.2, 0.25) is 0 Å². The molecule has 0 fully saturated rings. The van der Waals surface area contributed by atoms with Crippen molar-refractivity contribution in [2.24, 2.45) is 5.73 Å². The molecular weight excluding hydrogens is 264 g/mol. The van der Waals surface area contributed by atoms with E-state index in [2.05, 4.69) is 24.8 Å². The molecule has 1 aromatic carbocycles. The number of nitrogens with zero attached hydrogens (tertiary/aromatic N) is 1. The van der Waals surface area contributed by atoms with Crippen LogP contribution in [0, 0.1) is 0 Å². The Hall–Kier alpha value is -1.26. The van der Waals surface area contributed by atoms with Crippen LogP contribution in [0.5, 0.6) is 5.75 Å². The van der Waals surface area contributed by atoms with Crippen molar-refractivity contribution in [2.45, 2.75) is 51.7 Å². The Labute approximate surface area is 127 Å². The van der Waals surface area contributed by atoms with Gasteiger partial charge in [-0.05, 0) is 49.9 Å². The second-order valence-electron chi connectivity index (χ2n) is 5.77. The number of ether oxygens (including phenoxy) is 1. The minimum absolute atomic E-state index is 0.261. The third-order valence-electron chi connectivity index (χ3n) is 4.06. The van der Waals surface area contributed by atoms with Gasteiger partial charge in [0.25, 0.3) is 0 Å². The maximum atomic E-state index is 10.3. The molecule has 4 nitrogen and oxygen atoms in total. The summed E-state index contributed by atoms with van der Waals surface area (Å²) in [5, 5.41) is 10.3. The highest BCUT2D eigenvalue weighted by molar-refractivity contribution is 5.62. The molecule has 2 atom stereocenters. The summed E-state index contributed by atoms with van der Waals surface area (Å²) in [6, 6.07) is 6.06. The summed E-state index contributed by atoms with van der Waals surface area (Å²) < 4.78 is 6.03. The van der Waals surface area contributed by atoms with E-state index in [0.29, 0.717) is 13.0 Å². The van der Waals surface area contributed by atoms with Crippen LogP contribution >= 0.6 is 0 Å². The average Bonchev–Trinajstić information content (AvgIpc) is 2.52. The van der Waals surface area contributed by atoms with E-state index in [9.17, 15) is 5.11 Å². The number of fused-ring (bicyclic) bond motifs is 1. The van der Waals surface area contributed by atoms with Crippen LogP contribution < -0.4 is 15.4 Å². The Morgan fingerprint density at radius 3 is 2.90 bits per heavy atom. The van der Waals surface area contributed by atoms with E-state index in [1.54, 1.807) is 0 Å². The lowest BCUT2D eigenvalue weighted by Gasteiger charge is -2.36. The summed E-state index contributed by atoms with van der Waals surface area (Å²) in [5.41, 5.74) is 7.60. The van der Waals surface area contributed by atoms with Crippen LogP contribution in [0.25, 0.3) is 0 Å². The molecule has 4 heteroatoms. The zero-order valence-corrected chi connectivity index (χ0v) is 13.2. The maximum Gasteiger partial charge on any atom is 0.143 e. The van der Waals surface area contributed by atoms with Gasteiger partial charge in [-0.1, -0.05) is 19.9 Å². The van der Waals surface area contributed by atoms with Crippen LogP contribution in [0.3, 0.4) is 0 Å². The van der Waals surface area contributed by atoms with E-state index >= 15 is 0 Å². The molecule has 0 amide bonds. The van der Waals surface area contributed by atoms with Gasteiger partial charge in [-0.25, -0.2) is 0 Å². The number of aliphatic hydroxyl groups excluding tert-OH is 1. The van der Waals surface area contributed by atoms with Crippen LogP contribution in [-0.2, 0) is 0 Å². The second-order valence-corrected chi connectivity index (χ2v) is 5.77. The average molecular weight is 292 g/mol. The molecule has 0 saturated heterocycles. The van der Waals surface area contributed by atoms with Gasteiger partial charge in [-0.3, -0.25) is 0 Å². The Morgan fingerprint density at radius 2 is 2.24 bits per heavy atom. The smallest absolute Gasteiger partial charge is 0.143 e. The van der Waals surface area contributed by atoms with Gasteiger partial charge in [0.1, 0.15) is 11.9 Å². The first-order valence-electron chi connectivity index (χ1n) is 8.13. The molecule has 0 saturated carbocycles. The normalized spacial score (nSPS) is 19.0. The number of rotatable bonds is 7. The number of benzene rings is 1. The first-order chi connectivity index (χ1) is 10.2. The molecular formula is C17H28N2O2. The van der Waals surface area contributed by atoms with Crippen molar-refractivity contribution in [1.29, 1.82) is 0 Å². The molecule has 0 bridgehead atoms. The van der Waals surface area contributed by atoms with E-state index in [1.807, 2.05) is 12.1 Å². The molecule has 0 radical (unpaired) electrons. The summed E-state index contributed by atoms with van der Waals surface area (Å²) >= 11 is 0.